The average Bonchev–Trinajstić information content (AvgIpc) is 3.59. The first-order chi connectivity index (χ1) is 42.6. The fourth-order valence-corrected chi connectivity index (χ4v) is 8.72. The van der Waals surface area contributed by atoms with E-state index in [-0.39, 0.29) is 38.6 Å². The van der Waals surface area contributed by atoms with Gasteiger partial charge < -0.3 is 33.3 Å². The van der Waals surface area contributed by atoms with Crippen molar-refractivity contribution in [3.63, 3.8) is 0 Å². The summed E-state index contributed by atoms with van der Waals surface area (Å²) in [6.07, 6.45) is 97.1. The Morgan fingerprint density at radius 2 is 0.655 bits per heavy atom. The van der Waals surface area contributed by atoms with E-state index in [0.29, 0.717) is 23.9 Å². The average molecular weight is 1200 g/mol. The highest BCUT2D eigenvalue weighted by molar-refractivity contribution is 5.70. The summed E-state index contributed by atoms with van der Waals surface area (Å²) in [6.45, 7) is 4.58. The number of carboxylic acids is 1. The van der Waals surface area contributed by atoms with Crippen LogP contribution in [0.4, 0.5) is 0 Å². The lowest BCUT2D eigenvalue weighted by Crippen LogP contribution is -2.44. The maximum Gasteiger partial charge on any atom is 0.306 e. The zero-order valence-electron chi connectivity index (χ0n) is 55.8. The molecule has 0 aromatic carbocycles. The Hall–Kier alpha value is -5.35. The molecular formula is C78H125NO8. The molecule has 0 fully saturated rings. The Morgan fingerprint density at radius 1 is 0.356 bits per heavy atom. The van der Waals surface area contributed by atoms with Crippen molar-refractivity contribution in [2.75, 3.05) is 47.5 Å². The van der Waals surface area contributed by atoms with Gasteiger partial charge in [0.25, 0.3) is 0 Å². The van der Waals surface area contributed by atoms with Crippen LogP contribution in [0.2, 0.25) is 0 Å². The van der Waals surface area contributed by atoms with E-state index >= 15 is 0 Å². The van der Waals surface area contributed by atoms with E-state index < -0.39 is 24.3 Å². The fourth-order valence-electron chi connectivity index (χ4n) is 8.72. The Labute approximate surface area is 533 Å². The van der Waals surface area contributed by atoms with Gasteiger partial charge in [0.05, 0.1) is 40.3 Å². The molecule has 0 amide bonds. The Morgan fingerprint density at radius 3 is 0.977 bits per heavy atom. The molecule has 87 heavy (non-hydrogen) atoms. The summed E-state index contributed by atoms with van der Waals surface area (Å²) in [5.41, 5.74) is 0. The molecule has 490 valence electrons. The standard InChI is InChI=1S/C78H125NO8/c1-6-8-10-12-14-16-18-20-22-24-26-28-29-30-31-32-33-34-35-36-37-38-39-40-41-42-43-44-45-46-47-49-51-53-55-57-59-61-63-65-67-69-76(81)87-74(73-86-78(77(82)83)84-71-70-79(3,4)5)72-85-75(80)68-66-64-62-60-58-56-54-52-50-48-27-25-23-21-19-17-15-13-11-9-7-2/h8,10,14,16,19-22,25-28,30-31,33-34,36-37,39-40,42-43,45-46,49-52,74,78H,6-7,9,11-13,15,17-18,23-24,29,32,35,38,41,44,47-48,53-73H2,1-5H3/b10-8-,16-14-,21-19-,22-20-,27-25-,28-26-,31-30-,34-33-,37-36-,40-39-,43-42-,46-45-,51-49-,52-50-. The summed E-state index contributed by atoms with van der Waals surface area (Å²) in [6, 6.07) is 0. The van der Waals surface area contributed by atoms with Crippen LogP contribution in [0.1, 0.15) is 245 Å². The predicted octanol–water partition coefficient (Wildman–Crippen LogP) is 20.1. The number of rotatable bonds is 61. The van der Waals surface area contributed by atoms with Crippen LogP contribution in [0.5, 0.6) is 0 Å². The Kier molecular flexibility index (Phi) is 62.5. The van der Waals surface area contributed by atoms with Gasteiger partial charge in [0.2, 0.25) is 0 Å². The first-order valence-electron chi connectivity index (χ1n) is 34.3. The van der Waals surface area contributed by atoms with Crippen LogP contribution in [0.3, 0.4) is 0 Å². The third-order valence-corrected chi connectivity index (χ3v) is 13.9. The molecule has 0 spiro atoms. The van der Waals surface area contributed by atoms with Crippen LogP contribution in [0, 0.1) is 0 Å². The Bertz CT molecular complexity index is 2030. The monoisotopic (exact) mass is 1200 g/mol. The minimum Gasteiger partial charge on any atom is -0.545 e. The molecule has 0 rings (SSSR count). The second kappa shape index (κ2) is 66.6. The van der Waals surface area contributed by atoms with Crippen LogP contribution in [0.25, 0.3) is 0 Å². The number of quaternary nitrogens is 1. The molecule has 0 radical (unpaired) electrons. The topological polar surface area (TPSA) is 111 Å². The number of ether oxygens (including phenoxy) is 4. The molecule has 9 heteroatoms. The molecule has 0 N–H and O–H groups in total. The molecule has 2 atom stereocenters. The van der Waals surface area contributed by atoms with Crippen LogP contribution in [-0.2, 0) is 33.3 Å². The van der Waals surface area contributed by atoms with Crippen molar-refractivity contribution < 1.29 is 42.9 Å². The third kappa shape index (κ3) is 68.0. The van der Waals surface area contributed by atoms with E-state index in [1.54, 1.807) is 0 Å². The number of hydrogen-bond donors (Lipinski definition) is 0. The number of allylic oxidation sites excluding steroid dienone is 28. The molecule has 0 heterocycles. The molecule has 0 aliphatic heterocycles. The van der Waals surface area contributed by atoms with Gasteiger partial charge in [-0.05, 0) is 135 Å². The van der Waals surface area contributed by atoms with E-state index in [9.17, 15) is 19.5 Å². The molecule has 0 aliphatic carbocycles. The summed E-state index contributed by atoms with van der Waals surface area (Å²) in [4.78, 5) is 37.4. The van der Waals surface area contributed by atoms with Crippen LogP contribution < -0.4 is 5.11 Å². The lowest BCUT2D eigenvalue weighted by Gasteiger charge is -2.26. The highest BCUT2D eigenvalue weighted by Crippen LogP contribution is 2.14. The first kappa shape index (κ1) is 81.7. The van der Waals surface area contributed by atoms with E-state index in [2.05, 4.69) is 184 Å². The molecule has 0 aliphatic rings. The first-order valence-corrected chi connectivity index (χ1v) is 34.3. The summed E-state index contributed by atoms with van der Waals surface area (Å²) >= 11 is 0. The second-order valence-electron chi connectivity index (χ2n) is 23.4. The van der Waals surface area contributed by atoms with Crippen molar-refractivity contribution in [3.05, 3.63) is 170 Å². The summed E-state index contributed by atoms with van der Waals surface area (Å²) in [5, 5.41) is 11.8. The van der Waals surface area contributed by atoms with Gasteiger partial charge in [-0.1, -0.05) is 267 Å². The van der Waals surface area contributed by atoms with Crippen molar-refractivity contribution in [3.8, 4) is 0 Å². The highest BCUT2D eigenvalue weighted by atomic mass is 16.7. The zero-order chi connectivity index (χ0) is 63.3. The lowest BCUT2D eigenvalue weighted by atomic mass is 10.1. The molecule has 0 bridgehead atoms. The van der Waals surface area contributed by atoms with Crippen molar-refractivity contribution in [1.29, 1.82) is 0 Å². The number of likely N-dealkylation sites (N-methyl/N-ethyl adjacent to an activating group) is 1. The number of nitrogens with zero attached hydrogens (tertiary/aromatic N) is 1. The number of carboxylic acid groups (broad SMARTS) is 1. The van der Waals surface area contributed by atoms with Crippen molar-refractivity contribution >= 4 is 17.9 Å². The third-order valence-electron chi connectivity index (χ3n) is 13.9. The van der Waals surface area contributed by atoms with Gasteiger partial charge in [-0.25, -0.2) is 0 Å². The SMILES string of the molecule is CC/C=C\C/C=C\C/C=C\C/C=C\C/C=C\C/C=C\C/C=C\C/C=C\C/C=C\C/C=C\C/C=C\CCCCCCCCCC(=O)OC(COC(=O)CCCCCCCC/C=C\C/C=C\C/C=C\CCCCCCC)COC(OCC[N+](C)(C)C)C(=O)[O-]. The Balaban J connectivity index is 4.23. The summed E-state index contributed by atoms with van der Waals surface area (Å²) < 4.78 is 22.7. The molecular weight excluding hydrogens is 1080 g/mol. The van der Waals surface area contributed by atoms with Crippen molar-refractivity contribution in [2.45, 2.75) is 257 Å². The summed E-state index contributed by atoms with van der Waals surface area (Å²) in [7, 11) is 5.91. The van der Waals surface area contributed by atoms with Crippen LogP contribution in [-0.4, -0.2) is 82.3 Å². The van der Waals surface area contributed by atoms with Gasteiger partial charge in [0.15, 0.2) is 12.4 Å². The predicted molar refractivity (Wildman–Crippen MR) is 370 cm³/mol. The van der Waals surface area contributed by atoms with Gasteiger partial charge in [-0.2, -0.15) is 0 Å². The van der Waals surface area contributed by atoms with Gasteiger partial charge in [0, 0.05) is 12.8 Å². The molecule has 0 saturated heterocycles. The molecule has 0 aromatic heterocycles. The van der Waals surface area contributed by atoms with Gasteiger partial charge >= 0.3 is 11.9 Å². The largest absolute Gasteiger partial charge is 0.545 e. The molecule has 0 saturated carbocycles. The molecule has 2 unspecified atom stereocenters. The number of unbranched alkanes of at least 4 members (excludes halogenated alkanes) is 18. The number of carbonyl (C=O) groups is 3. The number of carbonyl (C=O) groups excluding carboxylic acids is 3. The molecule has 0 aromatic rings. The fraction of sp³-hybridized carbons (Fsp3) is 0.603. The lowest BCUT2D eigenvalue weighted by molar-refractivity contribution is -0.870. The van der Waals surface area contributed by atoms with Gasteiger partial charge in [-0.15, -0.1) is 0 Å². The van der Waals surface area contributed by atoms with Crippen LogP contribution >= 0.6 is 0 Å². The number of esters is 2. The summed E-state index contributed by atoms with van der Waals surface area (Å²) in [5.74, 6) is -2.33. The van der Waals surface area contributed by atoms with Gasteiger partial charge in [0.1, 0.15) is 13.2 Å². The van der Waals surface area contributed by atoms with Crippen LogP contribution in [0.15, 0.2) is 170 Å². The normalized spacial score (nSPS) is 13.8. The van der Waals surface area contributed by atoms with Crippen molar-refractivity contribution in [1.82, 2.24) is 0 Å². The van der Waals surface area contributed by atoms with E-state index in [0.717, 1.165) is 154 Å². The number of aliphatic carboxylic acids is 1. The maximum absolute atomic E-state index is 12.9. The van der Waals surface area contributed by atoms with Gasteiger partial charge in [-0.3, -0.25) is 9.59 Å². The zero-order valence-corrected chi connectivity index (χ0v) is 55.8. The highest BCUT2D eigenvalue weighted by Gasteiger charge is 2.22. The van der Waals surface area contributed by atoms with E-state index in [4.69, 9.17) is 18.9 Å². The number of hydrogen-bond acceptors (Lipinski definition) is 8. The second-order valence-corrected chi connectivity index (χ2v) is 23.4. The minimum atomic E-state index is -1.64. The van der Waals surface area contributed by atoms with E-state index in [1.165, 1.54) is 51.4 Å². The molecule has 9 nitrogen and oxygen atoms in total. The minimum absolute atomic E-state index is 0.134. The quantitative estimate of drug-likeness (QED) is 0.0195. The smallest absolute Gasteiger partial charge is 0.306 e. The van der Waals surface area contributed by atoms with Crippen molar-refractivity contribution in [2.24, 2.45) is 0 Å². The van der Waals surface area contributed by atoms with E-state index in [1.807, 2.05) is 21.1 Å². The maximum atomic E-state index is 12.9.